The number of nitrogens with zero attached hydrogens (tertiary/aromatic N) is 1. The molecule has 2 unspecified atom stereocenters. The predicted octanol–water partition coefficient (Wildman–Crippen LogP) is 4.34. The summed E-state index contributed by atoms with van der Waals surface area (Å²) in [7, 11) is -4.05. The summed E-state index contributed by atoms with van der Waals surface area (Å²) < 4.78 is 27.6. The van der Waals surface area contributed by atoms with Crippen LogP contribution < -0.4 is 5.32 Å². The Labute approximate surface area is 203 Å². The van der Waals surface area contributed by atoms with E-state index < -0.39 is 22.0 Å². The summed E-state index contributed by atoms with van der Waals surface area (Å²) in [5.41, 5.74) is 2.80. The molecule has 2 atom stereocenters. The van der Waals surface area contributed by atoms with E-state index in [2.05, 4.69) is 16.3 Å². The van der Waals surface area contributed by atoms with Crippen LogP contribution in [0.2, 0.25) is 0 Å². The zero-order valence-corrected chi connectivity index (χ0v) is 20.3. The molecule has 0 bridgehead atoms. The molecule has 0 spiro atoms. The van der Waals surface area contributed by atoms with E-state index in [4.69, 9.17) is 6.42 Å². The lowest BCUT2D eigenvalue weighted by Gasteiger charge is -2.27. The van der Waals surface area contributed by atoms with Crippen LogP contribution in [0.4, 0.5) is 0 Å². The van der Waals surface area contributed by atoms with Gasteiger partial charge in [-0.3, -0.25) is 4.79 Å². The molecule has 4 rings (SSSR count). The third-order valence-electron chi connectivity index (χ3n) is 5.76. The maximum absolute atomic E-state index is 13.4. The van der Waals surface area contributed by atoms with Crippen molar-refractivity contribution in [3.63, 3.8) is 0 Å². The molecule has 4 aromatic rings. The quantitative estimate of drug-likeness (QED) is 0.270. The van der Waals surface area contributed by atoms with Gasteiger partial charge < -0.3 is 10.3 Å². The molecule has 174 valence electrons. The second-order valence-electron chi connectivity index (χ2n) is 8.00. The number of para-hydroxylation sites is 1. The number of carbonyl (C=O) groups excluding carboxylic acids is 1. The molecule has 34 heavy (non-hydrogen) atoms. The number of aromatic amines is 1. The summed E-state index contributed by atoms with van der Waals surface area (Å²) in [6.45, 7) is 2.36. The fraction of sp³-hybridized carbons (Fsp3) is 0.192. The summed E-state index contributed by atoms with van der Waals surface area (Å²) in [6, 6.07) is 21.8. The van der Waals surface area contributed by atoms with Crippen molar-refractivity contribution in [3.05, 3.63) is 89.4 Å². The molecule has 6 nitrogen and oxygen atoms in total. The van der Waals surface area contributed by atoms with Crippen molar-refractivity contribution in [3.8, 4) is 12.5 Å². The van der Waals surface area contributed by atoms with Crippen LogP contribution in [-0.4, -0.2) is 36.2 Å². The number of fused-ring (bicyclic) bond motifs is 1. The van der Waals surface area contributed by atoms with Crippen LogP contribution in [0.15, 0.2) is 82.5 Å². The molecule has 2 heterocycles. The topological polar surface area (TPSA) is 82.3 Å². The maximum atomic E-state index is 13.4. The molecule has 0 aliphatic heterocycles. The molecule has 8 heteroatoms. The lowest BCUT2D eigenvalue weighted by atomic mass is 10.0. The van der Waals surface area contributed by atoms with E-state index in [1.165, 1.54) is 6.07 Å². The normalized spacial score (nSPS) is 13.2. The number of thiophene rings is 1. The summed E-state index contributed by atoms with van der Waals surface area (Å²) >= 11 is 1.07. The molecule has 0 radical (unpaired) electrons. The summed E-state index contributed by atoms with van der Waals surface area (Å²) in [6.07, 6.45) is 7.63. The largest absolute Gasteiger partial charge is 0.361 e. The highest BCUT2D eigenvalue weighted by Gasteiger charge is 2.35. The zero-order chi connectivity index (χ0) is 24.1. The molecule has 0 fully saturated rings. The standard InChI is InChI=1S/C26H25N3O3S2/c1-3-29(34(31,32)25-14-9-15-33-25)24(16-21-18-27-23-13-8-7-12-22(21)23)26(30)28-17-19(2)20-10-5-4-6-11-20/h1,4-15,18-19,24,27H,16-17H2,2H3,(H,28,30). The molecular formula is C26H25N3O3S2. The third kappa shape index (κ3) is 4.86. The maximum Gasteiger partial charge on any atom is 0.281 e. The number of terminal acetylenes is 1. The van der Waals surface area contributed by atoms with Crippen LogP contribution in [0.3, 0.4) is 0 Å². The van der Waals surface area contributed by atoms with E-state index in [1.807, 2.05) is 61.5 Å². The Morgan fingerprint density at radius 1 is 1.12 bits per heavy atom. The molecule has 0 aliphatic rings. The number of carbonyl (C=O) groups is 1. The van der Waals surface area contributed by atoms with Gasteiger partial charge >= 0.3 is 0 Å². The SMILES string of the molecule is C#CN(C(Cc1c[nH]c2ccccc12)C(=O)NCC(C)c1ccccc1)S(=O)(=O)c1cccs1. The van der Waals surface area contributed by atoms with Crippen molar-refractivity contribution in [1.82, 2.24) is 14.6 Å². The van der Waals surface area contributed by atoms with Crippen LogP contribution in [0.25, 0.3) is 10.9 Å². The van der Waals surface area contributed by atoms with E-state index in [0.29, 0.717) is 6.54 Å². The Morgan fingerprint density at radius 2 is 1.85 bits per heavy atom. The van der Waals surface area contributed by atoms with Gasteiger partial charge in [0.15, 0.2) is 0 Å². The summed E-state index contributed by atoms with van der Waals surface area (Å²) in [4.78, 5) is 16.6. The number of hydrogen-bond acceptors (Lipinski definition) is 4. The number of nitrogens with one attached hydrogen (secondary N) is 2. The molecular weight excluding hydrogens is 466 g/mol. The predicted molar refractivity (Wildman–Crippen MR) is 136 cm³/mol. The third-order valence-corrected chi connectivity index (χ3v) is 8.86. The number of hydrogen-bond donors (Lipinski definition) is 2. The fourth-order valence-corrected chi connectivity index (χ4v) is 6.33. The molecule has 2 aromatic heterocycles. The van der Waals surface area contributed by atoms with E-state index in [1.54, 1.807) is 17.6 Å². The van der Waals surface area contributed by atoms with Crippen LogP contribution in [-0.2, 0) is 21.2 Å². The highest BCUT2D eigenvalue weighted by atomic mass is 32.2. The van der Waals surface area contributed by atoms with E-state index in [0.717, 1.165) is 37.7 Å². The van der Waals surface area contributed by atoms with E-state index in [9.17, 15) is 13.2 Å². The number of rotatable bonds is 9. The number of H-pyrrole nitrogens is 1. The Morgan fingerprint density at radius 3 is 2.56 bits per heavy atom. The van der Waals surface area contributed by atoms with Crippen LogP contribution in [0.5, 0.6) is 0 Å². The molecule has 0 saturated heterocycles. The first-order chi connectivity index (χ1) is 16.4. The number of amides is 1. The Kier molecular flexibility index (Phi) is 7.06. The molecule has 0 saturated carbocycles. The second-order valence-corrected chi connectivity index (χ2v) is 11.0. The summed E-state index contributed by atoms with van der Waals surface area (Å²) in [5, 5.41) is 5.51. The van der Waals surface area contributed by atoms with Crippen molar-refractivity contribution in [2.45, 2.75) is 29.5 Å². The van der Waals surface area contributed by atoms with Gasteiger partial charge in [-0.1, -0.05) is 67.9 Å². The van der Waals surface area contributed by atoms with Crippen LogP contribution in [0.1, 0.15) is 24.0 Å². The van der Waals surface area contributed by atoms with Gasteiger partial charge in [0.25, 0.3) is 10.0 Å². The first-order valence-corrected chi connectivity index (χ1v) is 13.2. The van der Waals surface area contributed by atoms with Gasteiger partial charge in [-0.15, -0.1) is 11.3 Å². The van der Waals surface area contributed by atoms with Gasteiger partial charge in [0.2, 0.25) is 5.91 Å². The van der Waals surface area contributed by atoms with Crippen molar-refractivity contribution in [2.24, 2.45) is 0 Å². The highest BCUT2D eigenvalue weighted by Crippen LogP contribution is 2.26. The van der Waals surface area contributed by atoms with E-state index in [-0.39, 0.29) is 16.5 Å². The smallest absolute Gasteiger partial charge is 0.281 e. The fourth-order valence-electron chi connectivity index (χ4n) is 3.90. The Balaban J connectivity index is 1.64. The molecule has 0 aliphatic carbocycles. The Hall–Kier alpha value is -3.54. The monoisotopic (exact) mass is 491 g/mol. The second kappa shape index (κ2) is 10.2. The number of benzene rings is 2. The van der Waals surface area contributed by atoms with Crippen molar-refractivity contribution >= 4 is 38.2 Å². The highest BCUT2D eigenvalue weighted by molar-refractivity contribution is 7.91. The zero-order valence-electron chi connectivity index (χ0n) is 18.6. The van der Waals surface area contributed by atoms with Crippen molar-refractivity contribution < 1.29 is 13.2 Å². The van der Waals surface area contributed by atoms with Gasteiger partial charge in [-0.2, -0.15) is 8.42 Å². The van der Waals surface area contributed by atoms with Gasteiger partial charge in [-0.25, -0.2) is 4.31 Å². The molecule has 1 amide bonds. The van der Waals surface area contributed by atoms with Crippen LogP contribution in [0, 0.1) is 12.5 Å². The Bertz CT molecular complexity index is 1400. The van der Waals surface area contributed by atoms with Gasteiger partial charge in [0.05, 0.1) is 0 Å². The van der Waals surface area contributed by atoms with Gasteiger partial charge in [0, 0.05) is 36.1 Å². The van der Waals surface area contributed by atoms with E-state index >= 15 is 0 Å². The first-order valence-electron chi connectivity index (χ1n) is 10.8. The average Bonchev–Trinajstić information content (AvgIpc) is 3.54. The van der Waals surface area contributed by atoms with Crippen LogP contribution >= 0.6 is 11.3 Å². The number of aromatic nitrogens is 1. The summed E-state index contributed by atoms with van der Waals surface area (Å²) in [5.74, 6) is -0.391. The average molecular weight is 492 g/mol. The lowest BCUT2D eigenvalue weighted by molar-refractivity contribution is -0.124. The van der Waals surface area contributed by atoms with Gasteiger partial charge in [-0.05, 0) is 34.6 Å². The number of sulfonamides is 1. The van der Waals surface area contributed by atoms with Crippen molar-refractivity contribution in [2.75, 3.05) is 6.54 Å². The minimum absolute atomic E-state index is 0.0482. The van der Waals surface area contributed by atoms with Crippen molar-refractivity contribution in [1.29, 1.82) is 0 Å². The molecule has 2 N–H and O–H groups in total. The lowest BCUT2D eigenvalue weighted by Crippen LogP contribution is -2.49. The van der Waals surface area contributed by atoms with Gasteiger partial charge in [0.1, 0.15) is 10.3 Å². The first kappa shape index (κ1) is 23.6. The molecule has 2 aromatic carbocycles. The minimum Gasteiger partial charge on any atom is -0.361 e. The minimum atomic E-state index is -4.05.